The molecule has 0 spiro atoms. The van der Waals surface area contributed by atoms with Gasteiger partial charge in [-0.05, 0) is 31.0 Å². The summed E-state index contributed by atoms with van der Waals surface area (Å²) in [4.78, 5) is 23.0. The fourth-order valence-electron chi connectivity index (χ4n) is 2.12. The van der Waals surface area contributed by atoms with Crippen molar-refractivity contribution in [1.29, 1.82) is 0 Å². The maximum atomic E-state index is 12.0. The Labute approximate surface area is 126 Å². The second-order valence-corrected chi connectivity index (χ2v) is 5.89. The molecule has 1 aliphatic heterocycles. The topological polar surface area (TPSA) is 70.2 Å². The zero-order valence-corrected chi connectivity index (χ0v) is 12.9. The molecule has 2 unspecified atom stereocenters. The van der Waals surface area contributed by atoms with Crippen LogP contribution in [0.5, 0.6) is 0 Å². The molecule has 1 fully saturated rings. The number of carbonyl (C=O) groups excluding carboxylic acids is 2. The van der Waals surface area contributed by atoms with Crippen LogP contribution < -0.4 is 16.0 Å². The van der Waals surface area contributed by atoms with Crippen LogP contribution in [0.25, 0.3) is 0 Å². The summed E-state index contributed by atoms with van der Waals surface area (Å²) >= 11 is 3.40. The molecule has 1 aromatic rings. The van der Waals surface area contributed by atoms with Crippen molar-refractivity contribution in [3.05, 3.63) is 34.3 Å². The van der Waals surface area contributed by atoms with Gasteiger partial charge in [0.2, 0.25) is 11.8 Å². The molecule has 20 heavy (non-hydrogen) atoms. The molecule has 108 valence electrons. The molecule has 0 radical (unpaired) electrons. The first-order valence-electron chi connectivity index (χ1n) is 6.59. The maximum Gasteiger partial charge on any atom is 0.239 e. The molecule has 0 aliphatic carbocycles. The summed E-state index contributed by atoms with van der Waals surface area (Å²) in [6, 6.07) is 7.74. The first-order valence-corrected chi connectivity index (χ1v) is 7.39. The van der Waals surface area contributed by atoms with Crippen LogP contribution in [0.3, 0.4) is 0 Å². The minimum Gasteiger partial charge on any atom is -0.353 e. The van der Waals surface area contributed by atoms with Gasteiger partial charge in [-0.15, -0.1) is 0 Å². The summed E-state index contributed by atoms with van der Waals surface area (Å²) < 4.78 is 1.04. The third-order valence-electron chi connectivity index (χ3n) is 3.17. The first kappa shape index (κ1) is 15.0. The molecule has 1 aliphatic rings. The Kier molecular flexibility index (Phi) is 5.14. The molecule has 0 bridgehead atoms. The van der Waals surface area contributed by atoms with E-state index in [1.165, 1.54) is 5.56 Å². The van der Waals surface area contributed by atoms with Gasteiger partial charge < -0.3 is 10.6 Å². The molecule has 2 amide bonds. The molecule has 6 heteroatoms. The summed E-state index contributed by atoms with van der Waals surface area (Å²) in [5.41, 5.74) is 1.17. The fourth-order valence-corrected chi connectivity index (χ4v) is 2.38. The number of benzene rings is 1. The molecule has 3 N–H and O–H groups in total. The van der Waals surface area contributed by atoms with Crippen molar-refractivity contribution < 1.29 is 9.59 Å². The van der Waals surface area contributed by atoms with E-state index in [2.05, 4.69) is 31.9 Å². The van der Waals surface area contributed by atoms with E-state index in [0.29, 0.717) is 6.54 Å². The number of amides is 2. The van der Waals surface area contributed by atoms with Crippen molar-refractivity contribution in [3.8, 4) is 0 Å². The van der Waals surface area contributed by atoms with Gasteiger partial charge in [0.05, 0.1) is 6.54 Å². The third-order valence-corrected chi connectivity index (χ3v) is 3.70. The van der Waals surface area contributed by atoms with Crippen molar-refractivity contribution in [2.75, 3.05) is 13.1 Å². The molecule has 2 atom stereocenters. The van der Waals surface area contributed by atoms with Gasteiger partial charge in [0.25, 0.3) is 0 Å². The highest BCUT2D eigenvalue weighted by Crippen LogP contribution is 2.11. The smallest absolute Gasteiger partial charge is 0.239 e. The zero-order chi connectivity index (χ0) is 14.5. The zero-order valence-electron chi connectivity index (χ0n) is 11.3. The first-order chi connectivity index (χ1) is 9.54. The number of hydrogen-bond donors (Lipinski definition) is 3. The molecule has 1 aromatic carbocycles. The van der Waals surface area contributed by atoms with E-state index in [-0.39, 0.29) is 30.4 Å². The highest BCUT2D eigenvalue weighted by molar-refractivity contribution is 9.10. The Morgan fingerprint density at radius 2 is 2.15 bits per heavy atom. The fraction of sp³-hybridized carbons (Fsp3) is 0.429. The highest BCUT2D eigenvalue weighted by atomic mass is 79.9. The molecular formula is C14H18BrN3O2. The standard InChI is InChI=1S/C14H18BrN3O2/c1-9(6-10-2-4-11(15)5-3-10)18-14(20)12-7-17-13(19)8-16-12/h2-5,9,12,16H,6-8H2,1H3,(H,17,19)(H,18,20). The number of piperazine rings is 1. The summed E-state index contributed by atoms with van der Waals surface area (Å²) in [5.74, 6) is -0.147. The van der Waals surface area contributed by atoms with Gasteiger partial charge >= 0.3 is 0 Å². The summed E-state index contributed by atoms with van der Waals surface area (Å²) in [7, 11) is 0. The van der Waals surface area contributed by atoms with Gasteiger partial charge in [0, 0.05) is 17.1 Å². The number of hydrogen-bond acceptors (Lipinski definition) is 3. The Balaban J connectivity index is 1.81. The third kappa shape index (κ3) is 4.31. The summed E-state index contributed by atoms with van der Waals surface area (Å²) in [6.07, 6.45) is 0.776. The SMILES string of the molecule is CC(Cc1ccc(Br)cc1)NC(=O)C1CNC(=O)CN1. The number of halogens is 1. The molecule has 0 aromatic heterocycles. The van der Waals surface area contributed by atoms with Crippen LogP contribution in [-0.2, 0) is 16.0 Å². The average molecular weight is 340 g/mol. The Bertz CT molecular complexity index is 480. The van der Waals surface area contributed by atoms with Crippen molar-refractivity contribution >= 4 is 27.7 Å². The van der Waals surface area contributed by atoms with Crippen molar-refractivity contribution in [1.82, 2.24) is 16.0 Å². The second kappa shape index (κ2) is 6.85. The predicted octanol–water partition coefficient (Wildman–Crippen LogP) is 0.584. The minimum atomic E-state index is -0.347. The van der Waals surface area contributed by atoms with E-state index < -0.39 is 0 Å². The number of nitrogens with one attached hydrogen (secondary N) is 3. The van der Waals surface area contributed by atoms with Crippen LogP contribution in [0, 0.1) is 0 Å². The van der Waals surface area contributed by atoms with E-state index in [1.54, 1.807) is 0 Å². The molecule has 1 saturated heterocycles. The molecule has 5 nitrogen and oxygen atoms in total. The van der Waals surface area contributed by atoms with E-state index in [0.717, 1.165) is 10.9 Å². The highest BCUT2D eigenvalue weighted by Gasteiger charge is 2.24. The molecular weight excluding hydrogens is 322 g/mol. The maximum absolute atomic E-state index is 12.0. The van der Waals surface area contributed by atoms with E-state index >= 15 is 0 Å². The lowest BCUT2D eigenvalue weighted by Crippen LogP contribution is -2.59. The van der Waals surface area contributed by atoms with Gasteiger partial charge in [-0.3, -0.25) is 14.9 Å². The van der Waals surface area contributed by atoms with Crippen molar-refractivity contribution in [2.45, 2.75) is 25.4 Å². The molecule has 1 heterocycles. The minimum absolute atomic E-state index is 0.0445. The lowest BCUT2D eigenvalue weighted by molar-refractivity contribution is -0.126. The number of carbonyl (C=O) groups is 2. The van der Waals surface area contributed by atoms with E-state index in [4.69, 9.17) is 0 Å². The van der Waals surface area contributed by atoms with Crippen LogP contribution in [-0.4, -0.2) is 37.0 Å². The van der Waals surface area contributed by atoms with Gasteiger partial charge in [-0.1, -0.05) is 28.1 Å². The Morgan fingerprint density at radius 1 is 1.45 bits per heavy atom. The summed E-state index contributed by atoms with van der Waals surface area (Å²) in [6.45, 7) is 2.51. The van der Waals surface area contributed by atoms with E-state index in [9.17, 15) is 9.59 Å². The average Bonchev–Trinajstić information content (AvgIpc) is 2.42. The van der Waals surface area contributed by atoms with Crippen LogP contribution in [0.1, 0.15) is 12.5 Å². The Hall–Kier alpha value is -1.40. The van der Waals surface area contributed by atoms with Crippen molar-refractivity contribution in [2.24, 2.45) is 0 Å². The lowest BCUT2D eigenvalue weighted by Gasteiger charge is -2.25. The van der Waals surface area contributed by atoms with Crippen LogP contribution >= 0.6 is 15.9 Å². The predicted molar refractivity (Wildman–Crippen MR) is 80.3 cm³/mol. The summed E-state index contributed by atoms with van der Waals surface area (Å²) in [5, 5.41) is 8.55. The monoisotopic (exact) mass is 339 g/mol. The van der Waals surface area contributed by atoms with Crippen LogP contribution in [0.2, 0.25) is 0 Å². The van der Waals surface area contributed by atoms with E-state index in [1.807, 2.05) is 31.2 Å². The lowest BCUT2D eigenvalue weighted by atomic mass is 10.1. The van der Waals surface area contributed by atoms with Gasteiger partial charge in [0.15, 0.2) is 0 Å². The largest absolute Gasteiger partial charge is 0.353 e. The van der Waals surface area contributed by atoms with Crippen LogP contribution in [0.15, 0.2) is 28.7 Å². The number of rotatable bonds is 4. The normalized spacial score (nSPS) is 20.1. The van der Waals surface area contributed by atoms with Gasteiger partial charge in [0.1, 0.15) is 6.04 Å². The van der Waals surface area contributed by atoms with Crippen LogP contribution in [0.4, 0.5) is 0 Å². The van der Waals surface area contributed by atoms with Gasteiger partial charge in [-0.2, -0.15) is 0 Å². The van der Waals surface area contributed by atoms with Crippen molar-refractivity contribution in [3.63, 3.8) is 0 Å². The molecule has 0 saturated carbocycles. The second-order valence-electron chi connectivity index (χ2n) is 4.98. The van der Waals surface area contributed by atoms with Gasteiger partial charge in [-0.25, -0.2) is 0 Å². The Morgan fingerprint density at radius 3 is 2.75 bits per heavy atom. The quantitative estimate of drug-likeness (QED) is 0.751. The molecule has 2 rings (SSSR count).